The lowest BCUT2D eigenvalue weighted by Gasteiger charge is -2.33. The maximum atomic E-state index is 12.6. The van der Waals surface area contributed by atoms with Gasteiger partial charge in [0, 0.05) is 45.6 Å². The molecule has 1 fully saturated rings. The number of rotatable bonds is 3. The minimum Gasteiger partial charge on any atom is -0.490 e. The van der Waals surface area contributed by atoms with Gasteiger partial charge in [0.15, 0.2) is 0 Å². The lowest BCUT2D eigenvalue weighted by molar-refractivity contribution is -0.122. The third kappa shape index (κ3) is 3.12. The van der Waals surface area contributed by atoms with Gasteiger partial charge in [-0.25, -0.2) is 0 Å². The molecular weight excluding hydrogens is 314 g/mol. The summed E-state index contributed by atoms with van der Waals surface area (Å²) >= 11 is 0. The van der Waals surface area contributed by atoms with Crippen LogP contribution in [0.3, 0.4) is 0 Å². The van der Waals surface area contributed by atoms with Gasteiger partial charge in [-0.15, -0.1) is 0 Å². The molecule has 0 spiro atoms. The number of carbonyl (C=O) groups excluding carboxylic acids is 1. The van der Waals surface area contributed by atoms with Crippen LogP contribution in [-0.2, 0) is 10.2 Å². The fraction of sp³-hybridized carbons (Fsp3) is 0.600. The van der Waals surface area contributed by atoms with Crippen molar-refractivity contribution in [1.29, 1.82) is 0 Å². The second kappa shape index (κ2) is 6.70. The van der Waals surface area contributed by atoms with Gasteiger partial charge >= 0.3 is 0 Å². The molecule has 0 bridgehead atoms. The minimum absolute atomic E-state index is 0.171. The number of benzene rings is 1. The van der Waals surface area contributed by atoms with Gasteiger partial charge in [-0.05, 0) is 39.3 Å². The van der Waals surface area contributed by atoms with Gasteiger partial charge in [-0.2, -0.15) is 0 Å². The predicted octanol–water partition coefficient (Wildman–Crippen LogP) is 3.22. The van der Waals surface area contributed by atoms with Crippen molar-refractivity contribution in [2.24, 2.45) is 4.99 Å². The number of likely N-dealkylation sites (N-methyl/N-ethyl adjacent to an activating group) is 1. The van der Waals surface area contributed by atoms with Gasteiger partial charge in [-0.1, -0.05) is 6.07 Å². The van der Waals surface area contributed by atoms with Gasteiger partial charge in [-0.3, -0.25) is 9.79 Å². The van der Waals surface area contributed by atoms with Crippen molar-refractivity contribution < 1.29 is 9.53 Å². The Bertz CT molecular complexity index is 688. The molecule has 2 heterocycles. The molecule has 1 amide bonds. The monoisotopic (exact) mass is 343 g/mol. The van der Waals surface area contributed by atoms with Crippen LogP contribution in [0.1, 0.15) is 46.1 Å². The summed E-state index contributed by atoms with van der Waals surface area (Å²) in [6, 6.07) is 6.11. The fourth-order valence-corrected chi connectivity index (χ4v) is 3.84. The third-order valence-corrected chi connectivity index (χ3v) is 5.56. The normalized spacial score (nSPS) is 20.8. The van der Waals surface area contributed by atoms with Gasteiger partial charge < -0.3 is 14.5 Å². The molecule has 0 unspecified atom stereocenters. The number of ether oxygens (including phenoxy) is 1. The van der Waals surface area contributed by atoms with E-state index in [9.17, 15) is 4.79 Å². The number of likely N-dealkylation sites (tertiary alicyclic amines) is 1. The summed E-state index contributed by atoms with van der Waals surface area (Å²) in [5.74, 6) is 2.13. The summed E-state index contributed by atoms with van der Waals surface area (Å²) in [7, 11) is 1.84. The number of nitrogens with zero attached hydrogens (tertiary/aromatic N) is 3. The molecule has 2 aliphatic rings. The van der Waals surface area contributed by atoms with Crippen molar-refractivity contribution in [3.05, 3.63) is 23.8 Å². The topological polar surface area (TPSA) is 45.1 Å². The van der Waals surface area contributed by atoms with Gasteiger partial charge in [0.05, 0.1) is 16.9 Å². The highest BCUT2D eigenvalue weighted by Gasteiger charge is 2.43. The lowest BCUT2D eigenvalue weighted by atomic mass is 9.86. The van der Waals surface area contributed by atoms with Gasteiger partial charge in [0.1, 0.15) is 11.9 Å². The zero-order chi connectivity index (χ0) is 18.2. The Labute approximate surface area is 150 Å². The number of hydrogen-bond donors (Lipinski definition) is 0. The van der Waals surface area contributed by atoms with E-state index in [4.69, 9.17) is 4.74 Å². The molecule has 136 valence electrons. The van der Waals surface area contributed by atoms with E-state index in [1.165, 1.54) is 0 Å². The molecule has 0 aliphatic carbocycles. The molecular formula is C20H29N3O2. The molecule has 1 saturated heterocycles. The van der Waals surface area contributed by atoms with Gasteiger partial charge in [0.2, 0.25) is 5.91 Å². The van der Waals surface area contributed by atoms with Crippen LogP contribution in [0.2, 0.25) is 0 Å². The highest BCUT2D eigenvalue weighted by Crippen LogP contribution is 2.43. The standard InChI is InChI=1S/C20H29N3O2/c1-6-23-18-13-16(7-8-17(18)20(3,4)19(23)24)25-15-9-11-22(12-10-15)14(2)21-5/h7-8,13,15H,6,9-12H2,1-5H3. The molecule has 0 atom stereocenters. The average molecular weight is 343 g/mol. The number of piperidine rings is 1. The Kier molecular flexibility index (Phi) is 4.76. The number of fused-ring (bicyclic) bond motifs is 1. The van der Waals surface area contributed by atoms with Crippen LogP contribution in [0.5, 0.6) is 5.75 Å². The summed E-state index contributed by atoms with van der Waals surface area (Å²) in [6.07, 6.45) is 2.21. The smallest absolute Gasteiger partial charge is 0.237 e. The quantitative estimate of drug-likeness (QED) is 0.625. The first-order chi connectivity index (χ1) is 11.9. The first-order valence-corrected chi connectivity index (χ1v) is 9.20. The molecule has 0 aromatic heterocycles. The van der Waals surface area contributed by atoms with E-state index in [-0.39, 0.29) is 12.0 Å². The van der Waals surface area contributed by atoms with Crippen LogP contribution < -0.4 is 9.64 Å². The fourth-order valence-electron chi connectivity index (χ4n) is 3.84. The Morgan fingerprint density at radius 1 is 1.32 bits per heavy atom. The van der Waals surface area contributed by atoms with Crippen LogP contribution in [0.25, 0.3) is 0 Å². The molecule has 1 aromatic carbocycles. The minimum atomic E-state index is -0.452. The van der Waals surface area contributed by atoms with E-state index in [0.717, 1.165) is 48.8 Å². The van der Waals surface area contributed by atoms with E-state index < -0.39 is 5.41 Å². The summed E-state index contributed by atoms with van der Waals surface area (Å²) in [5.41, 5.74) is 1.64. The highest BCUT2D eigenvalue weighted by molar-refractivity contribution is 6.07. The van der Waals surface area contributed by atoms with E-state index >= 15 is 0 Å². The Morgan fingerprint density at radius 2 is 2.00 bits per heavy atom. The van der Waals surface area contributed by atoms with E-state index in [0.29, 0.717) is 6.54 Å². The summed E-state index contributed by atoms with van der Waals surface area (Å²) < 4.78 is 6.23. The first-order valence-electron chi connectivity index (χ1n) is 9.20. The van der Waals surface area contributed by atoms with Gasteiger partial charge in [0.25, 0.3) is 0 Å². The summed E-state index contributed by atoms with van der Waals surface area (Å²) in [6.45, 7) is 10.7. The number of amidine groups is 1. The molecule has 5 nitrogen and oxygen atoms in total. The molecule has 1 aromatic rings. The molecule has 0 radical (unpaired) electrons. The summed E-state index contributed by atoms with van der Waals surface area (Å²) in [4.78, 5) is 21.1. The van der Waals surface area contributed by atoms with Crippen molar-refractivity contribution in [2.45, 2.75) is 52.1 Å². The zero-order valence-electron chi connectivity index (χ0n) is 16.0. The van der Waals surface area contributed by atoms with Crippen LogP contribution in [0.4, 0.5) is 5.69 Å². The van der Waals surface area contributed by atoms with Crippen molar-refractivity contribution in [3.63, 3.8) is 0 Å². The van der Waals surface area contributed by atoms with Crippen molar-refractivity contribution in [1.82, 2.24) is 4.90 Å². The van der Waals surface area contributed by atoms with Crippen LogP contribution in [-0.4, -0.2) is 49.4 Å². The SMILES string of the molecule is CCN1C(=O)C(C)(C)c2ccc(OC3CCN(C(C)=NC)CC3)cc21. The maximum absolute atomic E-state index is 12.6. The molecule has 25 heavy (non-hydrogen) atoms. The van der Waals surface area contributed by atoms with E-state index in [1.807, 2.05) is 44.9 Å². The molecule has 3 rings (SSSR count). The Balaban J connectivity index is 1.72. The van der Waals surface area contributed by atoms with E-state index in [2.05, 4.69) is 22.9 Å². The van der Waals surface area contributed by atoms with Crippen LogP contribution in [0, 0.1) is 0 Å². The second-order valence-electron chi connectivity index (χ2n) is 7.43. The molecule has 2 aliphatic heterocycles. The largest absolute Gasteiger partial charge is 0.490 e. The lowest BCUT2D eigenvalue weighted by Crippen LogP contribution is -2.40. The second-order valence-corrected chi connectivity index (χ2v) is 7.43. The van der Waals surface area contributed by atoms with Crippen LogP contribution in [0.15, 0.2) is 23.2 Å². The number of amides is 1. The Hall–Kier alpha value is -2.04. The summed E-state index contributed by atoms with van der Waals surface area (Å²) in [5, 5.41) is 0. The Morgan fingerprint density at radius 3 is 2.60 bits per heavy atom. The maximum Gasteiger partial charge on any atom is 0.237 e. The van der Waals surface area contributed by atoms with Crippen molar-refractivity contribution in [2.75, 3.05) is 31.6 Å². The van der Waals surface area contributed by atoms with E-state index in [1.54, 1.807) is 0 Å². The highest BCUT2D eigenvalue weighted by atomic mass is 16.5. The first kappa shape index (κ1) is 17.8. The van der Waals surface area contributed by atoms with Crippen LogP contribution >= 0.6 is 0 Å². The third-order valence-electron chi connectivity index (χ3n) is 5.56. The predicted molar refractivity (Wildman–Crippen MR) is 102 cm³/mol. The number of anilines is 1. The molecule has 5 heteroatoms. The number of hydrogen-bond acceptors (Lipinski definition) is 3. The van der Waals surface area contributed by atoms with Crippen molar-refractivity contribution in [3.8, 4) is 5.75 Å². The number of aliphatic imine (C=N–C) groups is 1. The molecule has 0 N–H and O–H groups in total. The zero-order valence-corrected chi connectivity index (χ0v) is 16.0. The molecule has 0 saturated carbocycles. The average Bonchev–Trinajstić information content (AvgIpc) is 2.80. The number of carbonyl (C=O) groups is 1. The van der Waals surface area contributed by atoms with Crippen molar-refractivity contribution >= 4 is 17.4 Å².